The Morgan fingerprint density at radius 1 is 0.562 bits per heavy atom. The Kier molecular flexibility index (Phi) is 61.3. The standard InChI is InChI=1S/C11H12ClN3O3.C10H12ClN3O4.C10H12ClN3O3.C8H8ClN3O3.C6H4ClFN2O.C6H6ClN3O.C6H15N.C5H3ClN4.C3H9ClSi.C2H5NO2.C2H6O.CH4/c1-3-18-10(17)7-4-8(16)6-5-13-11(12)14-9(6)15(7)2;1-3-18-8(16)5-14(17)9-7(6(2)15)4-12-10(11)13-9;1-3-17-8(16)5-12-9-7(6(2)15)4-13-10(11)14-9;1-4(13)5-2-11-8(9)12-7(5)10-3-6(14)15;2*1-3(11)4-2-9-6(7)10-5(4)8;1-4-7(5-2)6-3;6-5-9-2-3(1-7)4(8)10-5;1-5(2,3)4;3-1-2(4)5;1-2-3;/h5,7H,3-4H2,1-2H3;4,17H,3,5H2,1-2H3;4H,3,5H2,1-2H3,(H,12,13,14);2H,3H2,1H3,(H,14,15)(H,10,11,12);2H,1H3;2H,1H3,(H2,8,9,10);4-6H2,1-3H3;2H,(H2,8,9,10);1-3H3;1,3H2,(H,4,5);3H,2H2,1H3;1H4. The molecular formula is C70H96Cl8FN23O18Si. The Bertz CT molecular complexity index is 4460. The first-order chi connectivity index (χ1) is 56.0. The van der Waals surface area contributed by atoms with Crippen LogP contribution in [0.15, 0.2) is 43.4 Å². The minimum absolute atomic E-state index is 0. The Balaban J connectivity index is -0.000000639. The molecule has 121 heavy (non-hydrogen) atoms. The third kappa shape index (κ3) is 51.0. The summed E-state index contributed by atoms with van der Waals surface area (Å²) in [5, 5.41) is 47.1. The average molecular weight is 1880 g/mol. The second kappa shape index (κ2) is 63.5. The number of aliphatic carboxylic acids is 2. The number of carbonyl (C=O) groups excluding carboxylic acids is 9. The van der Waals surface area contributed by atoms with Crippen LogP contribution < -0.4 is 37.8 Å². The van der Waals surface area contributed by atoms with Crippen molar-refractivity contribution in [3.05, 3.63) is 125 Å². The number of hydroxylamine groups is 1. The third-order valence-electron chi connectivity index (χ3n) is 12.8. The molecule has 0 amide bonds. The average Bonchev–Trinajstić information content (AvgIpc) is 0.780. The van der Waals surface area contributed by atoms with E-state index in [0.717, 1.165) is 6.20 Å². The summed E-state index contributed by atoms with van der Waals surface area (Å²) in [6, 6.07) is 1.16. The van der Waals surface area contributed by atoms with E-state index in [1.54, 1.807) is 39.6 Å². The Morgan fingerprint density at radius 3 is 1.29 bits per heavy atom. The Morgan fingerprint density at radius 2 is 0.917 bits per heavy atom. The van der Waals surface area contributed by atoms with Gasteiger partial charge < -0.3 is 67.2 Å². The molecule has 51 heteroatoms. The molecule has 0 aromatic carbocycles. The number of anilines is 6. The number of carboxylic acids is 2. The number of Topliss-reactive ketones (excluding diaryl/α,β-unsaturated/α-hetero) is 6. The van der Waals surface area contributed by atoms with Crippen LogP contribution in [0.4, 0.5) is 39.3 Å². The summed E-state index contributed by atoms with van der Waals surface area (Å²) in [4.78, 5) is 176. The van der Waals surface area contributed by atoms with Gasteiger partial charge in [-0.25, -0.2) is 59.7 Å². The van der Waals surface area contributed by atoms with E-state index in [0.29, 0.717) is 28.6 Å². The normalized spacial score (nSPS) is 10.9. The molecule has 1 aliphatic rings. The molecule has 1 atom stereocenters. The van der Waals surface area contributed by atoms with Crippen LogP contribution in [0.1, 0.15) is 165 Å². The number of nitrogens with one attached hydrogen (secondary N) is 2. The van der Waals surface area contributed by atoms with Crippen molar-refractivity contribution in [3.8, 4) is 6.07 Å². The number of ketones is 6. The number of nitrogens with zero attached hydrogens (tertiary/aromatic N) is 18. The van der Waals surface area contributed by atoms with Gasteiger partial charge in [0.1, 0.15) is 73.8 Å². The highest BCUT2D eigenvalue weighted by molar-refractivity contribution is 7.18. The zero-order chi connectivity index (χ0) is 92.9. The summed E-state index contributed by atoms with van der Waals surface area (Å²) >= 11 is 44.1. The number of nitrogens with two attached hydrogens (primary N) is 3. The molecule has 12 N–H and O–H groups in total. The monoisotopic (exact) mass is 1870 g/mol. The molecule has 0 radical (unpaired) electrons. The number of aliphatic hydroxyl groups excluding tert-OH is 1. The van der Waals surface area contributed by atoms with E-state index in [1.807, 2.05) is 6.07 Å². The van der Waals surface area contributed by atoms with Gasteiger partial charge in [-0.2, -0.15) is 40.7 Å². The number of hydrogen-bond acceptors (Lipinski definition) is 39. The summed E-state index contributed by atoms with van der Waals surface area (Å²) in [6.07, 6.45) is 8.84. The van der Waals surface area contributed by atoms with Gasteiger partial charge in [0.25, 0.3) is 0 Å². The quantitative estimate of drug-likeness (QED) is 0.00445. The second-order valence-corrected chi connectivity index (χ2v) is 32.9. The van der Waals surface area contributed by atoms with Crippen LogP contribution in [0.25, 0.3) is 0 Å². The molecule has 1 aliphatic heterocycles. The lowest BCUT2D eigenvalue weighted by Gasteiger charge is -2.31. The maximum Gasteiger partial charge on any atom is 0.329 e. The zero-order valence-corrected chi connectivity index (χ0v) is 74.8. The predicted octanol–water partition coefficient (Wildman–Crippen LogP) is 10.4. The van der Waals surface area contributed by atoms with Crippen LogP contribution in [-0.4, -0.2) is 252 Å². The highest BCUT2D eigenvalue weighted by Crippen LogP contribution is 2.29. The number of likely N-dealkylation sites (N-methyl/N-ethyl adjacent to an activating group) is 1. The molecule has 0 saturated heterocycles. The number of ether oxygens (including phenoxy) is 3. The number of esters is 3. The van der Waals surface area contributed by atoms with E-state index in [2.05, 4.69) is 136 Å². The minimum atomic E-state index is -1.14. The van der Waals surface area contributed by atoms with Gasteiger partial charge in [-0.15, -0.1) is 0 Å². The Labute approximate surface area is 737 Å². The predicted molar refractivity (Wildman–Crippen MR) is 456 cm³/mol. The molecule has 41 nitrogen and oxygen atoms in total. The molecule has 0 aliphatic carbocycles. The maximum absolute atomic E-state index is 12.6. The van der Waals surface area contributed by atoms with E-state index >= 15 is 0 Å². The molecular weight excluding hydrogens is 1780 g/mol. The van der Waals surface area contributed by atoms with Crippen molar-refractivity contribution >= 4 is 199 Å². The van der Waals surface area contributed by atoms with Crippen LogP contribution in [0.5, 0.6) is 0 Å². The molecule has 0 saturated carbocycles. The summed E-state index contributed by atoms with van der Waals surface area (Å²) in [7, 11) is 0.538. The van der Waals surface area contributed by atoms with E-state index in [-0.39, 0.29) is 176 Å². The molecule has 8 heterocycles. The van der Waals surface area contributed by atoms with Crippen molar-refractivity contribution < 1.29 is 91.9 Å². The number of carboxylic acid groups (broad SMARTS) is 2. The van der Waals surface area contributed by atoms with Crippen molar-refractivity contribution in [2.45, 2.75) is 123 Å². The first-order valence-corrected chi connectivity index (χ1v) is 41.8. The second-order valence-electron chi connectivity index (χ2n) is 23.0. The number of carbonyl (C=O) groups is 11. The van der Waals surface area contributed by atoms with Crippen LogP contribution >= 0.6 is 92.3 Å². The highest BCUT2D eigenvalue weighted by Gasteiger charge is 2.36. The SMILES string of the molecule is C.CC(=O)c1cnc(Cl)nc1F.CC(=O)c1cnc(Cl)nc1N.CC(=O)c1cnc(Cl)nc1NCC(=O)O.CCN(CC)CC.CCO.CCOC(=O)C1CC(=O)c2cnc(Cl)nc2N1C.CCOC(=O)CN(O)c1nc(Cl)ncc1C(C)=O.CCOC(=O)CNc1nc(Cl)ncc1C(C)=O.C[Si](C)(C)Cl.N#Cc1cnc(Cl)nc1N.NCC(=O)O. The zero-order valence-electron chi connectivity index (χ0n) is 67.8. The lowest BCUT2D eigenvalue weighted by atomic mass is 9.99. The summed E-state index contributed by atoms with van der Waals surface area (Å²) < 4.78 is 27.0. The highest BCUT2D eigenvalue weighted by atomic mass is 35.6. The van der Waals surface area contributed by atoms with Crippen molar-refractivity contribution in [2.24, 2.45) is 5.73 Å². The van der Waals surface area contributed by atoms with Crippen molar-refractivity contribution in [1.29, 1.82) is 5.26 Å². The lowest BCUT2D eigenvalue weighted by Crippen LogP contribution is -2.45. The van der Waals surface area contributed by atoms with Crippen LogP contribution in [0.2, 0.25) is 56.6 Å². The van der Waals surface area contributed by atoms with Gasteiger partial charge in [-0.1, -0.05) is 47.8 Å². The van der Waals surface area contributed by atoms with Gasteiger partial charge >= 0.3 is 29.8 Å². The van der Waals surface area contributed by atoms with Gasteiger partial charge in [0.2, 0.25) is 42.9 Å². The van der Waals surface area contributed by atoms with Gasteiger partial charge in [0.05, 0.1) is 65.9 Å². The number of fused-ring (bicyclic) bond motifs is 1. The molecule has 0 spiro atoms. The fraction of sp³-hybridized carbons (Fsp3) is 0.429. The molecule has 1 unspecified atom stereocenters. The smallest absolute Gasteiger partial charge is 0.329 e. The van der Waals surface area contributed by atoms with Crippen molar-refractivity contribution in [2.75, 3.05) is 111 Å². The van der Waals surface area contributed by atoms with E-state index in [4.69, 9.17) is 134 Å². The first kappa shape index (κ1) is 117. The van der Waals surface area contributed by atoms with Crippen molar-refractivity contribution in [3.63, 3.8) is 0 Å². The fourth-order valence-corrected chi connectivity index (χ4v) is 8.38. The molecule has 8 rings (SSSR count). The Hall–Kier alpha value is -10.5. The molecule has 0 bridgehead atoms. The maximum atomic E-state index is 12.6. The lowest BCUT2D eigenvalue weighted by molar-refractivity contribution is -0.145. The molecule has 0 fully saturated rings. The van der Waals surface area contributed by atoms with Crippen molar-refractivity contribution in [1.82, 2.24) is 74.7 Å². The topological polar surface area (TPSA) is 612 Å². The largest absolute Gasteiger partial charge is 0.480 e. The molecule has 7 aromatic heterocycles. The number of aliphatic hydroxyl groups is 1. The first-order valence-electron chi connectivity index (χ1n) is 34.7. The molecule has 7 aromatic rings. The van der Waals surface area contributed by atoms with Crippen LogP contribution in [0, 0.1) is 17.3 Å². The fourth-order valence-electron chi connectivity index (χ4n) is 7.45. The number of halogens is 9. The van der Waals surface area contributed by atoms with E-state index in [1.165, 1.54) is 91.4 Å². The molecule has 666 valence electrons. The van der Waals surface area contributed by atoms with Gasteiger partial charge in [-0.05, 0) is 163 Å². The number of nitriles is 1. The van der Waals surface area contributed by atoms with Gasteiger partial charge in [-0.3, -0.25) is 53.2 Å². The number of aromatic nitrogens is 14. The van der Waals surface area contributed by atoms with Crippen LogP contribution in [0.3, 0.4) is 0 Å². The van der Waals surface area contributed by atoms with E-state index in [9.17, 15) is 62.3 Å². The third-order valence-corrected chi connectivity index (χ3v) is 14.1. The van der Waals surface area contributed by atoms with E-state index < -0.39 is 61.5 Å². The summed E-state index contributed by atoms with van der Waals surface area (Å²) in [6.45, 7) is 29.6. The van der Waals surface area contributed by atoms with Crippen LogP contribution in [-0.2, 0) is 38.2 Å². The number of nitrogen functional groups attached to an aromatic ring is 2. The minimum Gasteiger partial charge on any atom is -0.480 e. The summed E-state index contributed by atoms with van der Waals surface area (Å²) in [5.74, 6) is -5.19. The summed E-state index contributed by atoms with van der Waals surface area (Å²) in [5.41, 5.74) is 16.5. The van der Waals surface area contributed by atoms with Gasteiger partial charge in [0.15, 0.2) is 40.5 Å². The number of rotatable bonds is 22. The van der Waals surface area contributed by atoms with Gasteiger partial charge in [0, 0.05) is 57.3 Å². The number of hydrogen-bond donors (Lipinski definition) is 9.